The third kappa shape index (κ3) is 2.44. The van der Waals surface area contributed by atoms with Crippen LogP contribution >= 0.6 is 0 Å². The lowest BCUT2D eigenvalue weighted by atomic mass is 9.95. The van der Waals surface area contributed by atoms with Gasteiger partial charge < -0.3 is 5.11 Å². The highest BCUT2D eigenvalue weighted by molar-refractivity contribution is 5.35. The van der Waals surface area contributed by atoms with Crippen molar-refractivity contribution < 1.29 is 9.50 Å². The number of hydrogen-bond acceptors (Lipinski definition) is 1. The Morgan fingerprint density at radius 3 is 2.11 bits per heavy atom. The van der Waals surface area contributed by atoms with E-state index in [2.05, 4.69) is 0 Å². The summed E-state index contributed by atoms with van der Waals surface area (Å²) in [5.74, 6) is -0.197. The van der Waals surface area contributed by atoms with Crippen molar-refractivity contribution in [3.63, 3.8) is 0 Å². The van der Waals surface area contributed by atoms with Crippen molar-refractivity contribution in [2.45, 2.75) is 25.9 Å². The molecular weight excluding hydrogens is 227 g/mol. The zero-order valence-corrected chi connectivity index (χ0v) is 10.6. The van der Waals surface area contributed by atoms with E-state index in [1.165, 1.54) is 0 Å². The van der Waals surface area contributed by atoms with Crippen LogP contribution in [-0.4, -0.2) is 5.11 Å². The largest absolute Gasteiger partial charge is 0.384 e. The van der Waals surface area contributed by atoms with Gasteiger partial charge in [0.1, 0.15) is 11.9 Å². The van der Waals surface area contributed by atoms with Crippen LogP contribution in [0.3, 0.4) is 0 Å². The van der Waals surface area contributed by atoms with Crippen molar-refractivity contribution in [2.75, 3.05) is 0 Å². The predicted octanol–water partition coefficient (Wildman–Crippen LogP) is 4.03. The third-order valence-corrected chi connectivity index (χ3v) is 3.09. The summed E-state index contributed by atoms with van der Waals surface area (Å²) >= 11 is 0. The van der Waals surface area contributed by atoms with Gasteiger partial charge >= 0.3 is 0 Å². The van der Waals surface area contributed by atoms with Gasteiger partial charge in [-0.25, -0.2) is 4.39 Å². The van der Waals surface area contributed by atoms with Gasteiger partial charge in [0.15, 0.2) is 0 Å². The van der Waals surface area contributed by atoms with E-state index in [1.807, 2.05) is 32.0 Å². The molecular formula is C16H17FO. The first kappa shape index (κ1) is 12.8. The van der Waals surface area contributed by atoms with E-state index in [-0.39, 0.29) is 11.7 Å². The van der Waals surface area contributed by atoms with E-state index in [4.69, 9.17) is 0 Å². The van der Waals surface area contributed by atoms with Crippen molar-refractivity contribution in [1.82, 2.24) is 0 Å². The minimum atomic E-state index is -0.912. The van der Waals surface area contributed by atoms with Crippen molar-refractivity contribution >= 4 is 0 Å². The van der Waals surface area contributed by atoms with Crippen molar-refractivity contribution in [2.24, 2.45) is 0 Å². The van der Waals surface area contributed by atoms with Crippen LogP contribution in [0.5, 0.6) is 0 Å². The van der Waals surface area contributed by atoms with Gasteiger partial charge in [0.25, 0.3) is 0 Å². The highest BCUT2D eigenvalue weighted by atomic mass is 19.1. The minimum absolute atomic E-state index is 0.105. The van der Waals surface area contributed by atoms with Crippen LogP contribution in [0.2, 0.25) is 0 Å². The fraction of sp³-hybridized carbons (Fsp3) is 0.250. The smallest absolute Gasteiger partial charge is 0.132 e. The van der Waals surface area contributed by atoms with Crippen LogP contribution < -0.4 is 0 Å². The topological polar surface area (TPSA) is 20.2 Å². The molecule has 1 unspecified atom stereocenters. The summed E-state index contributed by atoms with van der Waals surface area (Å²) in [6.07, 6.45) is -0.912. The Kier molecular flexibility index (Phi) is 3.78. The second-order valence-electron chi connectivity index (χ2n) is 4.72. The lowest BCUT2D eigenvalue weighted by Crippen LogP contribution is -2.05. The Bertz CT molecular complexity index is 520. The van der Waals surface area contributed by atoms with Crippen LogP contribution in [0.15, 0.2) is 48.5 Å². The summed E-state index contributed by atoms with van der Waals surface area (Å²) in [5.41, 5.74) is 1.69. The first-order chi connectivity index (χ1) is 8.61. The highest BCUT2D eigenvalue weighted by Crippen LogP contribution is 2.28. The van der Waals surface area contributed by atoms with E-state index < -0.39 is 6.10 Å². The van der Waals surface area contributed by atoms with Crippen LogP contribution in [0.1, 0.15) is 42.6 Å². The summed E-state index contributed by atoms with van der Waals surface area (Å²) < 4.78 is 14.3. The molecule has 0 saturated carbocycles. The maximum absolute atomic E-state index is 14.3. The average molecular weight is 244 g/mol. The van der Waals surface area contributed by atoms with Gasteiger partial charge in [-0.05, 0) is 17.0 Å². The molecule has 0 aliphatic carbocycles. The van der Waals surface area contributed by atoms with Crippen molar-refractivity contribution in [3.05, 3.63) is 71.0 Å². The summed E-state index contributed by atoms with van der Waals surface area (Å²) in [5, 5.41) is 10.2. The molecule has 0 fully saturated rings. The quantitative estimate of drug-likeness (QED) is 0.864. The van der Waals surface area contributed by atoms with Gasteiger partial charge in [-0.1, -0.05) is 62.4 Å². The summed E-state index contributed by atoms with van der Waals surface area (Å²) in [7, 11) is 0. The maximum atomic E-state index is 14.3. The van der Waals surface area contributed by atoms with Crippen LogP contribution in [-0.2, 0) is 0 Å². The summed E-state index contributed by atoms with van der Waals surface area (Å²) in [6, 6.07) is 14.3. The third-order valence-electron chi connectivity index (χ3n) is 3.09. The lowest BCUT2D eigenvalue weighted by molar-refractivity contribution is 0.214. The molecule has 0 aliphatic rings. The van der Waals surface area contributed by atoms with E-state index >= 15 is 0 Å². The van der Waals surface area contributed by atoms with Gasteiger partial charge in [-0.15, -0.1) is 0 Å². The highest BCUT2D eigenvalue weighted by Gasteiger charge is 2.18. The fourth-order valence-corrected chi connectivity index (χ4v) is 2.04. The molecule has 2 aromatic rings. The second-order valence-corrected chi connectivity index (χ2v) is 4.72. The molecule has 1 atom stereocenters. The van der Waals surface area contributed by atoms with E-state index in [0.29, 0.717) is 16.7 Å². The average Bonchev–Trinajstić information content (AvgIpc) is 2.39. The van der Waals surface area contributed by atoms with Crippen LogP contribution in [0.4, 0.5) is 4.39 Å². The molecule has 18 heavy (non-hydrogen) atoms. The van der Waals surface area contributed by atoms with Gasteiger partial charge in [0, 0.05) is 5.56 Å². The van der Waals surface area contributed by atoms with Gasteiger partial charge in [-0.2, -0.15) is 0 Å². The molecule has 0 bridgehead atoms. The molecule has 0 amide bonds. The van der Waals surface area contributed by atoms with E-state index in [9.17, 15) is 9.50 Å². The number of hydrogen-bond donors (Lipinski definition) is 1. The lowest BCUT2D eigenvalue weighted by Gasteiger charge is -2.16. The molecule has 94 valence electrons. The normalized spacial score (nSPS) is 12.7. The number of rotatable bonds is 3. The van der Waals surface area contributed by atoms with E-state index in [1.54, 1.807) is 30.3 Å². The van der Waals surface area contributed by atoms with Gasteiger partial charge in [0.2, 0.25) is 0 Å². The Morgan fingerprint density at radius 2 is 1.50 bits per heavy atom. The minimum Gasteiger partial charge on any atom is -0.384 e. The molecule has 0 saturated heterocycles. The van der Waals surface area contributed by atoms with Gasteiger partial charge in [0.05, 0.1) is 0 Å². The standard InChI is InChI=1S/C16H17FO/c1-11(2)13-9-6-10-14(15(13)17)16(18)12-7-4-3-5-8-12/h3-11,16,18H,1-2H3. The molecule has 2 rings (SSSR count). The molecule has 1 nitrogen and oxygen atoms in total. The molecule has 0 spiro atoms. The van der Waals surface area contributed by atoms with Gasteiger partial charge in [-0.3, -0.25) is 0 Å². The first-order valence-corrected chi connectivity index (χ1v) is 6.12. The number of aliphatic hydroxyl groups excluding tert-OH is 1. The Morgan fingerprint density at radius 1 is 0.889 bits per heavy atom. The summed E-state index contributed by atoms with van der Waals surface area (Å²) in [4.78, 5) is 0. The Balaban J connectivity index is 2.43. The number of aliphatic hydroxyl groups is 1. The van der Waals surface area contributed by atoms with Crippen LogP contribution in [0.25, 0.3) is 0 Å². The SMILES string of the molecule is CC(C)c1cccc(C(O)c2ccccc2)c1F. The summed E-state index contributed by atoms with van der Waals surface area (Å²) in [6.45, 7) is 3.88. The monoisotopic (exact) mass is 244 g/mol. The number of benzene rings is 2. The molecule has 2 heteroatoms. The first-order valence-electron chi connectivity index (χ1n) is 6.12. The van der Waals surface area contributed by atoms with E-state index in [0.717, 1.165) is 0 Å². The Labute approximate surface area is 107 Å². The molecule has 1 N–H and O–H groups in total. The molecule has 0 aromatic heterocycles. The van der Waals surface area contributed by atoms with Crippen molar-refractivity contribution in [1.29, 1.82) is 0 Å². The predicted molar refractivity (Wildman–Crippen MR) is 71.0 cm³/mol. The Hall–Kier alpha value is -1.67. The molecule has 0 aliphatic heterocycles. The van der Waals surface area contributed by atoms with Crippen molar-refractivity contribution in [3.8, 4) is 0 Å². The zero-order valence-electron chi connectivity index (χ0n) is 10.6. The fourth-order valence-electron chi connectivity index (χ4n) is 2.04. The molecule has 0 radical (unpaired) electrons. The van der Waals surface area contributed by atoms with Crippen LogP contribution in [0, 0.1) is 5.82 Å². The maximum Gasteiger partial charge on any atom is 0.132 e. The molecule has 2 aromatic carbocycles. The number of halogens is 1. The molecule has 0 heterocycles. The second kappa shape index (κ2) is 5.32. The zero-order chi connectivity index (χ0) is 13.1.